The minimum absolute atomic E-state index is 0.221. The summed E-state index contributed by atoms with van der Waals surface area (Å²) in [5.41, 5.74) is 2.42. The Balaban J connectivity index is 1.69. The first-order chi connectivity index (χ1) is 11.7. The summed E-state index contributed by atoms with van der Waals surface area (Å²) in [7, 11) is 0. The van der Waals surface area contributed by atoms with Crippen LogP contribution in [0.1, 0.15) is 16.2 Å². The van der Waals surface area contributed by atoms with Crippen LogP contribution in [-0.2, 0) is 13.0 Å². The molecule has 2 aromatic carbocycles. The molecule has 0 bridgehead atoms. The van der Waals surface area contributed by atoms with Crippen molar-refractivity contribution >= 4 is 16.9 Å². The van der Waals surface area contributed by atoms with E-state index in [1.54, 1.807) is 0 Å². The normalized spacial score (nSPS) is 10.7. The SMILES string of the molecule is C=CCn1c(CCNC(=O)c2ccc(F)cc2)nc2ccccc21. The molecule has 0 fully saturated rings. The zero-order valence-corrected chi connectivity index (χ0v) is 13.2. The van der Waals surface area contributed by atoms with Crippen molar-refractivity contribution in [3.8, 4) is 0 Å². The van der Waals surface area contributed by atoms with Crippen LogP contribution in [0.25, 0.3) is 11.0 Å². The van der Waals surface area contributed by atoms with Crippen molar-refractivity contribution in [2.45, 2.75) is 13.0 Å². The third-order valence-electron chi connectivity index (χ3n) is 3.79. The molecular formula is C19H18FN3O. The number of amides is 1. The Hall–Kier alpha value is -2.95. The quantitative estimate of drug-likeness (QED) is 0.707. The van der Waals surface area contributed by atoms with E-state index in [1.807, 2.05) is 30.3 Å². The molecule has 122 valence electrons. The number of nitrogens with one attached hydrogen (secondary N) is 1. The van der Waals surface area contributed by atoms with Crippen molar-refractivity contribution < 1.29 is 9.18 Å². The molecule has 1 N–H and O–H groups in total. The average Bonchev–Trinajstić information content (AvgIpc) is 2.94. The second kappa shape index (κ2) is 7.08. The molecular weight excluding hydrogens is 305 g/mol. The number of carbonyl (C=O) groups excluding carboxylic acids is 1. The summed E-state index contributed by atoms with van der Waals surface area (Å²) < 4.78 is 15.0. The van der Waals surface area contributed by atoms with Crippen LogP contribution in [0.2, 0.25) is 0 Å². The summed E-state index contributed by atoms with van der Waals surface area (Å²) in [6, 6.07) is 13.4. The van der Waals surface area contributed by atoms with Crippen molar-refractivity contribution in [3.63, 3.8) is 0 Å². The van der Waals surface area contributed by atoms with E-state index < -0.39 is 0 Å². The Morgan fingerprint density at radius 2 is 1.96 bits per heavy atom. The standard InChI is InChI=1S/C19H18FN3O/c1-2-13-23-17-6-4-3-5-16(17)22-18(23)11-12-21-19(24)14-7-9-15(20)10-8-14/h2-10H,1,11-13H2,(H,21,24). The highest BCUT2D eigenvalue weighted by molar-refractivity contribution is 5.94. The van der Waals surface area contributed by atoms with Crippen molar-refractivity contribution in [2.75, 3.05) is 6.54 Å². The maximum atomic E-state index is 12.9. The number of hydrogen-bond acceptors (Lipinski definition) is 2. The van der Waals surface area contributed by atoms with E-state index in [2.05, 4.69) is 21.4 Å². The monoisotopic (exact) mass is 323 g/mol. The highest BCUT2D eigenvalue weighted by Crippen LogP contribution is 2.16. The van der Waals surface area contributed by atoms with Gasteiger partial charge in [0.05, 0.1) is 11.0 Å². The molecule has 4 nitrogen and oxygen atoms in total. The Morgan fingerprint density at radius 3 is 2.71 bits per heavy atom. The van der Waals surface area contributed by atoms with Crippen molar-refractivity contribution in [3.05, 3.63) is 78.4 Å². The number of carbonyl (C=O) groups is 1. The summed E-state index contributed by atoms with van der Waals surface area (Å²) in [5, 5.41) is 2.84. The van der Waals surface area contributed by atoms with Gasteiger partial charge in [-0.2, -0.15) is 0 Å². The van der Waals surface area contributed by atoms with E-state index in [1.165, 1.54) is 24.3 Å². The molecule has 1 heterocycles. The van der Waals surface area contributed by atoms with Gasteiger partial charge in [-0.1, -0.05) is 18.2 Å². The van der Waals surface area contributed by atoms with Crippen LogP contribution >= 0.6 is 0 Å². The minimum atomic E-state index is -0.357. The molecule has 0 aliphatic heterocycles. The van der Waals surface area contributed by atoms with E-state index in [-0.39, 0.29) is 11.7 Å². The van der Waals surface area contributed by atoms with Crippen LogP contribution in [0.15, 0.2) is 61.2 Å². The number of hydrogen-bond donors (Lipinski definition) is 1. The molecule has 0 radical (unpaired) electrons. The predicted octanol–water partition coefficient (Wildman–Crippen LogP) is 3.33. The first kappa shape index (κ1) is 15.9. The second-order valence-corrected chi connectivity index (χ2v) is 5.43. The molecule has 5 heteroatoms. The first-order valence-electron chi connectivity index (χ1n) is 7.78. The summed E-state index contributed by atoms with van der Waals surface area (Å²) in [6.07, 6.45) is 2.43. The number of aromatic nitrogens is 2. The van der Waals surface area contributed by atoms with Crippen LogP contribution in [0.4, 0.5) is 4.39 Å². The number of halogens is 1. The molecule has 3 rings (SSSR count). The molecule has 1 amide bonds. The molecule has 0 saturated carbocycles. The van der Waals surface area contributed by atoms with Crippen LogP contribution in [0.5, 0.6) is 0 Å². The maximum Gasteiger partial charge on any atom is 0.251 e. The van der Waals surface area contributed by atoms with E-state index in [0.29, 0.717) is 25.1 Å². The first-order valence-corrected chi connectivity index (χ1v) is 7.78. The smallest absolute Gasteiger partial charge is 0.251 e. The Morgan fingerprint density at radius 1 is 1.21 bits per heavy atom. The van der Waals surface area contributed by atoms with Crippen molar-refractivity contribution in [2.24, 2.45) is 0 Å². The number of imidazole rings is 1. The van der Waals surface area contributed by atoms with Gasteiger partial charge in [-0.05, 0) is 36.4 Å². The van der Waals surface area contributed by atoms with Crippen molar-refractivity contribution in [1.29, 1.82) is 0 Å². The van der Waals surface area contributed by atoms with E-state index >= 15 is 0 Å². The lowest BCUT2D eigenvalue weighted by Gasteiger charge is -2.08. The third kappa shape index (κ3) is 3.35. The zero-order valence-electron chi connectivity index (χ0n) is 13.2. The Bertz CT molecular complexity index is 868. The third-order valence-corrected chi connectivity index (χ3v) is 3.79. The number of nitrogens with zero attached hydrogens (tertiary/aromatic N) is 2. The molecule has 24 heavy (non-hydrogen) atoms. The molecule has 0 aliphatic carbocycles. The topological polar surface area (TPSA) is 46.9 Å². The number of para-hydroxylation sites is 2. The number of rotatable bonds is 6. The van der Waals surface area contributed by atoms with Gasteiger partial charge in [0.2, 0.25) is 0 Å². The predicted molar refractivity (Wildman–Crippen MR) is 92.4 cm³/mol. The molecule has 1 aromatic heterocycles. The Kier molecular flexibility index (Phi) is 4.70. The number of fused-ring (bicyclic) bond motifs is 1. The van der Waals surface area contributed by atoms with E-state index in [4.69, 9.17) is 0 Å². The van der Waals surface area contributed by atoms with Crippen LogP contribution in [-0.4, -0.2) is 22.0 Å². The second-order valence-electron chi connectivity index (χ2n) is 5.43. The van der Waals surface area contributed by atoms with E-state index in [9.17, 15) is 9.18 Å². The largest absolute Gasteiger partial charge is 0.352 e. The van der Waals surface area contributed by atoms with Gasteiger partial charge in [0.25, 0.3) is 5.91 Å². The fraction of sp³-hybridized carbons (Fsp3) is 0.158. The van der Waals surface area contributed by atoms with Gasteiger partial charge in [-0.25, -0.2) is 9.37 Å². The molecule has 0 spiro atoms. The lowest BCUT2D eigenvalue weighted by molar-refractivity contribution is 0.0954. The van der Waals surface area contributed by atoms with Gasteiger partial charge in [-0.3, -0.25) is 4.79 Å². The minimum Gasteiger partial charge on any atom is -0.352 e. The molecule has 0 aliphatic rings. The highest BCUT2D eigenvalue weighted by atomic mass is 19.1. The number of benzene rings is 2. The molecule has 0 atom stereocenters. The van der Waals surface area contributed by atoms with Gasteiger partial charge in [0.1, 0.15) is 11.6 Å². The number of allylic oxidation sites excluding steroid dienone is 1. The fourth-order valence-corrected chi connectivity index (χ4v) is 2.64. The zero-order chi connectivity index (χ0) is 16.9. The van der Waals surface area contributed by atoms with Crippen LogP contribution < -0.4 is 5.32 Å². The average molecular weight is 323 g/mol. The highest BCUT2D eigenvalue weighted by Gasteiger charge is 2.10. The van der Waals surface area contributed by atoms with Gasteiger partial charge >= 0.3 is 0 Å². The Labute approximate surface area is 139 Å². The van der Waals surface area contributed by atoms with Gasteiger partial charge < -0.3 is 9.88 Å². The van der Waals surface area contributed by atoms with Crippen LogP contribution in [0.3, 0.4) is 0 Å². The molecule has 3 aromatic rings. The van der Waals surface area contributed by atoms with Gasteiger partial charge in [0.15, 0.2) is 0 Å². The lowest BCUT2D eigenvalue weighted by Crippen LogP contribution is -2.26. The summed E-state index contributed by atoms with van der Waals surface area (Å²) in [4.78, 5) is 16.7. The molecule has 0 unspecified atom stereocenters. The maximum absolute atomic E-state index is 12.9. The summed E-state index contributed by atoms with van der Waals surface area (Å²) in [5.74, 6) is 0.321. The van der Waals surface area contributed by atoms with Gasteiger partial charge in [0, 0.05) is 25.1 Å². The lowest BCUT2D eigenvalue weighted by atomic mass is 10.2. The van der Waals surface area contributed by atoms with Crippen LogP contribution in [0, 0.1) is 5.82 Å². The summed E-state index contributed by atoms with van der Waals surface area (Å²) >= 11 is 0. The fourth-order valence-electron chi connectivity index (χ4n) is 2.64. The summed E-state index contributed by atoms with van der Waals surface area (Å²) in [6.45, 7) is 4.91. The van der Waals surface area contributed by atoms with Gasteiger partial charge in [-0.15, -0.1) is 6.58 Å². The van der Waals surface area contributed by atoms with Crippen molar-refractivity contribution in [1.82, 2.24) is 14.9 Å². The van der Waals surface area contributed by atoms with E-state index in [0.717, 1.165) is 16.9 Å². The molecule has 0 saturated heterocycles.